The average Bonchev–Trinajstić information content (AvgIpc) is 1.36. The van der Waals surface area contributed by atoms with Gasteiger partial charge in [0, 0.05) is 21.1 Å². The molecule has 0 aromatic rings. The number of aliphatic hydroxyl groups excluding tert-OH is 1. The predicted octanol–water partition coefficient (Wildman–Crippen LogP) is -0.551. The maximum atomic E-state index is 9.45. The van der Waals surface area contributed by atoms with Gasteiger partial charge < -0.3 is 10.2 Å². The monoisotopic (exact) mass is 188 g/mol. The van der Waals surface area contributed by atoms with Gasteiger partial charge in [-0.2, -0.15) is 0 Å². The Morgan fingerprint density at radius 3 is 1.86 bits per heavy atom. The number of hydrogen-bond acceptors (Lipinski definition) is 2. The van der Waals surface area contributed by atoms with E-state index in [1.165, 1.54) is 6.92 Å². The first-order chi connectivity index (χ1) is 2.64. The minimum atomic E-state index is -1.23. The molecule has 0 rings (SSSR count). The summed E-state index contributed by atoms with van der Waals surface area (Å²) >= 11 is 0. The number of rotatable bonds is 1. The van der Waals surface area contributed by atoms with Gasteiger partial charge in [0.05, 0.1) is 0 Å². The van der Waals surface area contributed by atoms with Gasteiger partial charge in [0.2, 0.25) is 0 Å². The summed E-state index contributed by atoms with van der Waals surface area (Å²) in [6.07, 6.45) is -1.23. The van der Waals surface area contributed by atoms with Crippen LogP contribution in [0.5, 0.6) is 0 Å². The Hall–Kier alpha value is 0.118. The molecule has 0 aromatic heterocycles. The van der Waals surface area contributed by atoms with E-state index in [0.717, 1.165) is 0 Å². The Morgan fingerprint density at radius 2 is 1.86 bits per heavy atom. The van der Waals surface area contributed by atoms with Gasteiger partial charge in [-0.05, 0) is 6.92 Å². The summed E-state index contributed by atoms with van der Waals surface area (Å²) in [6.45, 7) is 1.20. The molecular weight excluding hydrogens is 180 g/mol. The standard InChI is InChI=1S/C3H6O3.Mo/c1-2(4)3(5)6;/h2,4H,1H3,(H,5,6);. The molecule has 7 heavy (non-hydrogen) atoms. The third-order valence-corrected chi connectivity index (χ3v) is 0.357. The number of carbonyl (C=O) groups is 1. The number of carboxylic acids is 1. The summed E-state index contributed by atoms with van der Waals surface area (Å²) in [5.41, 5.74) is 0. The molecule has 0 aliphatic rings. The zero-order chi connectivity index (χ0) is 5.15. The molecule has 0 amide bonds. The minimum absolute atomic E-state index is 0. The zero-order valence-electron chi connectivity index (χ0n) is 3.79. The van der Waals surface area contributed by atoms with Crippen LogP contribution in [-0.4, -0.2) is 22.3 Å². The van der Waals surface area contributed by atoms with Crippen molar-refractivity contribution in [1.29, 1.82) is 0 Å². The molecule has 4 heteroatoms. The van der Waals surface area contributed by atoms with Crippen molar-refractivity contribution in [2.24, 2.45) is 0 Å². The summed E-state index contributed by atoms with van der Waals surface area (Å²) in [5, 5.41) is 15.8. The van der Waals surface area contributed by atoms with E-state index in [0.29, 0.717) is 0 Å². The third-order valence-electron chi connectivity index (χ3n) is 0.357. The van der Waals surface area contributed by atoms with E-state index in [-0.39, 0.29) is 21.1 Å². The second-order valence-corrected chi connectivity index (χ2v) is 1.01. The first kappa shape index (κ1) is 10.2. The smallest absolute Gasteiger partial charge is 0.332 e. The maximum absolute atomic E-state index is 9.45. The van der Waals surface area contributed by atoms with Crippen molar-refractivity contribution in [3.63, 3.8) is 0 Å². The molecule has 0 spiro atoms. The quantitative estimate of drug-likeness (QED) is 0.540. The van der Waals surface area contributed by atoms with Crippen LogP contribution >= 0.6 is 0 Å². The van der Waals surface area contributed by atoms with Crippen LogP contribution in [0, 0.1) is 0 Å². The average molecular weight is 186 g/mol. The van der Waals surface area contributed by atoms with E-state index in [1.54, 1.807) is 0 Å². The summed E-state index contributed by atoms with van der Waals surface area (Å²) < 4.78 is 0. The van der Waals surface area contributed by atoms with Crippen LogP contribution in [0.25, 0.3) is 0 Å². The topological polar surface area (TPSA) is 57.5 Å². The maximum Gasteiger partial charge on any atom is 0.332 e. The van der Waals surface area contributed by atoms with Gasteiger partial charge >= 0.3 is 5.97 Å². The van der Waals surface area contributed by atoms with E-state index < -0.39 is 12.1 Å². The molecule has 2 N–H and O–H groups in total. The van der Waals surface area contributed by atoms with Gasteiger partial charge in [-0.25, -0.2) is 4.79 Å². The molecule has 0 aromatic carbocycles. The Morgan fingerprint density at radius 1 is 1.71 bits per heavy atom. The van der Waals surface area contributed by atoms with E-state index in [4.69, 9.17) is 10.2 Å². The fourth-order valence-corrected chi connectivity index (χ4v) is 0. The molecule has 1 unspecified atom stereocenters. The van der Waals surface area contributed by atoms with Gasteiger partial charge in [-0.3, -0.25) is 0 Å². The Bertz CT molecular complexity index is 61.2. The van der Waals surface area contributed by atoms with Crippen molar-refractivity contribution in [1.82, 2.24) is 0 Å². The van der Waals surface area contributed by atoms with Gasteiger partial charge in [-0.15, -0.1) is 0 Å². The first-order valence-corrected chi connectivity index (χ1v) is 1.55. The van der Waals surface area contributed by atoms with Gasteiger partial charge in [0.25, 0.3) is 0 Å². The van der Waals surface area contributed by atoms with Gasteiger partial charge in [-0.1, -0.05) is 0 Å². The van der Waals surface area contributed by atoms with Crippen LogP contribution in [0.4, 0.5) is 0 Å². The minimum Gasteiger partial charge on any atom is -0.479 e. The van der Waals surface area contributed by atoms with E-state index in [2.05, 4.69) is 0 Å². The van der Waals surface area contributed by atoms with Crippen LogP contribution in [-0.2, 0) is 25.9 Å². The Balaban J connectivity index is 0. The van der Waals surface area contributed by atoms with E-state index in [9.17, 15) is 4.79 Å². The second kappa shape index (κ2) is 4.28. The SMILES string of the molecule is CC(O)C(=O)O.[Mo]. The number of hydrogen-bond donors (Lipinski definition) is 2. The number of carboxylic acid groups (broad SMARTS) is 1. The summed E-state index contributed by atoms with van der Waals surface area (Å²) in [4.78, 5) is 9.45. The molecule has 1 atom stereocenters. The van der Waals surface area contributed by atoms with Gasteiger partial charge in [0.1, 0.15) is 6.10 Å². The third kappa shape index (κ3) is 6.12. The molecular formula is C3H6MoO3. The predicted molar refractivity (Wildman–Crippen MR) is 19.3 cm³/mol. The second-order valence-electron chi connectivity index (χ2n) is 1.01. The fraction of sp³-hybridized carbons (Fsp3) is 0.667. The number of aliphatic carboxylic acids is 1. The molecule has 0 aliphatic carbocycles. The van der Waals surface area contributed by atoms with Crippen molar-refractivity contribution in [2.75, 3.05) is 0 Å². The molecule has 3 nitrogen and oxygen atoms in total. The van der Waals surface area contributed by atoms with Crippen molar-refractivity contribution in [3.05, 3.63) is 0 Å². The summed E-state index contributed by atoms with van der Waals surface area (Å²) in [6, 6.07) is 0. The normalized spacial score (nSPS) is 11.7. The summed E-state index contributed by atoms with van der Waals surface area (Å²) in [7, 11) is 0. The number of aliphatic hydroxyl groups is 1. The molecule has 0 fully saturated rings. The summed E-state index contributed by atoms with van der Waals surface area (Å²) in [5.74, 6) is -1.19. The van der Waals surface area contributed by atoms with E-state index in [1.807, 2.05) is 0 Å². The molecule has 0 aliphatic heterocycles. The molecule has 0 saturated carbocycles. The molecule has 0 saturated heterocycles. The fourth-order valence-electron chi connectivity index (χ4n) is 0. The molecule has 0 bridgehead atoms. The molecule has 0 heterocycles. The van der Waals surface area contributed by atoms with Crippen molar-refractivity contribution >= 4 is 5.97 Å². The molecule has 42 valence electrons. The van der Waals surface area contributed by atoms with Crippen LogP contribution in [0.15, 0.2) is 0 Å². The Kier molecular flexibility index (Phi) is 6.22. The first-order valence-electron chi connectivity index (χ1n) is 1.55. The van der Waals surface area contributed by atoms with Crippen LogP contribution in [0.2, 0.25) is 0 Å². The van der Waals surface area contributed by atoms with Crippen molar-refractivity contribution in [3.8, 4) is 0 Å². The van der Waals surface area contributed by atoms with Crippen molar-refractivity contribution < 1.29 is 36.1 Å². The van der Waals surface area contributed by atoms with Crippen LogP contribution in [0.1, 0.15) is 6.92 Å². The van der Waals surface area contributed by atoms with Crippen LogP contribution < -0.4 is 0 Å². The van der Waals surface area contributed by atoms with Crippen molar-refractivity contribution in [2.45, 2.75) is 13.0 Å². The Labute approximate surface area is 55.6 Å². The van der Waals surface area contributed by atoms with Gasteiger partial charge in [0.15, 0.2) is 0 Å². The largest absolute Gasteiger partial charge is 0.479 e. The molecule has 0 radical (unpaired) electrons. The van der Waals surface area contributed by atoms with Crippen LogP contribution in [0.3, 0.4) is 0 Å². The van der Waals surface area contributed by atoms with E-state index >= 15 is 0 Å². The zero-order valence-corrected chi connectivity index (χ0v) is 5.80.